The van der Waals surface area contributed by atoms with E-state index in [1.165, 1.54) is 5.57 Å². The maximum atomic E-state index is 11.9. The first kappa shape index (κ1) is 18.0. The Hall–Kier alpha value is -1.07. The van der Waals surface area contributed by atoms with Crippen LogP contribution in [0.5, 0.6) is 0 Å². The van der Waals surface area contributed by atoms with E-state index >= 15 is 0 Å². The quantitative estimate of drug-likeness (QED) is 0.766. The van der Waals surface area contributed by atoms with Crippen molar-refractivity contribution in [3.8, 4) is 0 Å². The van der Waals surface area contributed by atoms with Crippen LogP contribution >= 0.6 is 0 Å². The Bertz CT molecular complexity index is 361. The van der Waals surface area contributed by atoms with E-state index in [1.54, 1.807) is 12.0 Å². The van der Waals surface area contributed by atoms with Gasteiger partial charge in [-0.2, -0.15) is 0 Å². The lowest BCUT2D eigenvalue weighted by atomic mass is 10.1. The first-order valence-electron chi connectivity index (χ1n) is 7.70. The molecule has 1 aliphatic heterocycles. The fraction of sp³-hybridized carbons (Fsp3) is 0.812. The first-order valence-corrected chi connectivity index (χ1v) is 7.70. The zero-order valence-corrected chi connectivity index (χ0v) is 14.1. The maximum absolute atomic E-state index is 11.9. The van der Waals surface area contributed by atoms with Gasteiger partial charge in [0.15, 0.2) is 0 Å². The molecule has 1 rings (SSSR count). The number of nitrogens with one attached hydrogen (secondary N) is 1. The van der Waals surface area contributed by atoms with Gasteiger partial charge in [-0.15, -0.1) is 0 Å². The average molecular weight is 298 g/mol. The Morgan fingerprint density at radius 3 is 2.71 bits per heavy atom. The van der Waals surface area contributed by atoms with E-state index in [0.717, 1.165) is 32.5 Å². The van der Waals surface area contributed by atoms with E-state index in [9.17, 15) is 4.79 Å². The van der Waals surface area contributed by atoms with Gasteiger partial charge in [-0.25, -0.2) is 4.79 Å². The number of methoxy groups -OCH3 is 1. The van der Waals surface area contributed by atoms with Crippen molar-refractivity contribution < 1.29 is 14.3 Å². The van der Waals surface area contributed by atoms with Gasteiger partial charge in [0, 0.05) is 39.4 Å². The van der Waals surface area contributed by atoms with Crippen LogP contribution in [0.1, 0.15) is 40.5 Å². The topological polar surface area (TPSA) is 50.8 Å². The Morgan fingerprint density at radius 2 is 2.19 bits per heavy atom. The molecule has 0 fully saturated rings. The minimum atomic E-state index is -0.431. The molecule has 1 atom stereocenters. The van der Waals surface area contributed by atoms with Crippen LogP contribution in [-0.2, 0) is 9.47 Å². The summed E-state index contributed by atoms with van der Waals surface area (Å²) in [5.41, 5.74) is 0.929. The molecule has 1 N–H and O–H groups in total. The molecule has 1 amide bonds. The lowest BCUT2D eigenvalue weighted by Crippen LogP contribution is -2.40. The summed E-state index contributed by atoms with van der Waals surface area (Å²) in [6.07, 6.45) is 3.82. The highest BCUT2D eigenvalue weighted by Crippen LogP contribution is 2.15. The Kier molecular flexibility index (Phi) is 7.18. The standard InChI is InChI=1S/C16H30N2O3/c1-13(8-11-20-5)17-12-14-6-9-18(10-7-14)15(19)21-16(2,3)4/h6,13,17H,7-12H2,1-5H3. The van der Waals surface area contributed by atoms with E-state index in [1.807, 2.05) is 20.8 Å². The number of ether oxygens (including phenoxy) is 2. The predicted molar refractivity (Wildman–Crippen MR) is 84.5 cm³/mol. The van der Waals surface area contributed by atoms with Gasteiger partial charge in [0.05, 0.1) is 0 Å². The van der Waals surface area contributed by atoms with Crippen molar-refractivity contribution in [2.75, 3.05) is 33.4 Å². The second-order valence-electron chi connectivity index (χ2n) is 6.60. The van der Waals surface area contributed by atoms with Gasteiger partial charge >= 0.3 is 6.09 Å². The minimum absolute atomic E-state index is 0.223. The van der Waals surface area contributed by atoms with Gasteiger partial charge in [0.25, 0.3) is 0 Å². The Morgan fingerprint density at radius 1 is 1.48 bits per heavy atom. The lowest BCUT2D eigenvalue weighted by Gasteiger charge is -2.30. The van der Waals surface area contributed by atoms with Crippen molar-refractivity contribution in [3.63, 3.8) is 0 Å². The van der Waals surface area contributed by atoms with Crippen LogP contribution in [0.15, 0.2) is 11.6 Å². The summed E-state index contributed by atoms with van der Waals surface area (Å²) in [6, 6.07) is 0.440. The SMILES string of the molecule is COCCC(C)NCC1=CCN(C(=O)OC(C)(C)C)CC1. The second kappa shape index (κ2) is 8.39. The highest BCUT2D eigenvalue weighted by atomic mass is 16.6. The third-order valence-electron chi connectivity index (χ3n) is 3.39. The molecule has 0 aliphatic carbocycles. The fourth-order valence-electron chi connectivity index (χ4n) is 2.07. The number of rotatable bonds is 6. The number of hydrogen-bond acceptors (Lipinski definition) is 4. The normalized spacial score (nSPS) is 17.4. The predicted octanol–water partition coefficient (Wildman–Crippen LogP) is 2.57. The number of carbonyl (C=O) groups excluding carboxylic acids is 1. The lowest BCUT2D eigenvalue weighted by molar-refractivity contribution is 0.0265. The highest BCUT2D eigenvalue weighted by Gasteiger charge is 2.23. The molecule has 0 saturated carbocycles. The van der Waals surface area contributed by atoms with Gasteiger partial charge in [-0.3, -0.25) is 0 Å². The van der Waals surface area contributed by atoms with Crippen LogP contribution < -0.4 is 5.32 Å². The van der Waals surface area contributed by atoms with Gasteiger partial charge < -0.3 is 19.7 Å². The van der Waals surface area contributed by atoms with Crippen LogP contribution in [0, 0.1) is 0 Å². The van der Waals surface area contributed by atoms with Crippen molar-refractivity contribution in [2.45, 2.75) is 52.2 Å². The molecule has 0 radical (unpaired) electrons. The maximum Gasteiger partial charge on any atom is 0.410 e. The number of nitrogens with zero attached hydrogens (tertiary/aromatic N) is 1. The molecule has 0 aromatic rings. The number of amides is 1. The molecular formula is C16H30N2O3. The summed E-state index contributed by atoms with van der Waals surface area (Å²) >= 11 is 0. The number of carbonyl (C=O) groups is 1. The largest absolute Gasteiger partial charge is 0.444 e. The van der Waals surface area contributed by atoms with Crippen LogP contribution in [-0.4, -0.2) is 56.0 Å². The first-order chi connectivity index (χ1) is 9.81. The summed E-state index contributed by atoms with van der Waals surface area (Å²) in [4.78, 5) is 13.7. The Balaban J connectivity index is 2.32. The monoisotopic (exact) mass is 298 g/mol. The molecule has 0 aromatic carbocycles. The molecule has 1 heterocycles. The van der Waals surface area contributed by atoms with Gasteiger partial charge in [-0.1, -0.05) is 11.6 Å². The summed E-state index contributed by atoms with van der Waals surface area (Å²) in [6.45, 7) is 10.9. The zero-order chi connectivity index (χ0) is 15.9. The molecule has 122 valence electrons. The third-order valence-corrected chi connectivity index (χ3v) is 3.39. The van der Waals surface area contributed by atoms with Gasteiger partial charge in [0.1, 0.15) is 5.60 Å². The average Bonchev–Trinajstić information content (AvgIpc) is 2.41. The molecule has 5 heteroatoms. The molecule has 0 saturated heterocycles. The van der Waals surface area contributed by atoms with Crippen LogP contribution in [0.25, 0.3) is 0 Å². The van der Waals surface area contributed by atoms with Crippen LogP contribution in [0.3, 0.4) is 0 Å². The molecular weight excluding hydrogens is 268 g/mol. The molecule has 21 heavy (non-hydrogen) atoms. The fourth-order valence-corrected chi connectivity index (χ4v) is 2.07. The van der Waals surface area contributed by atoms with E-state index in [2.05, 4.69) is 18.3 Å². The summed E-state index contributed by atoms with van der Waals surface area (Å²) in [5.74, 6) is 0. The third kappa shape index (κ3) is 7.48. The molecule has 5 nitrogen and oxygen atoms in total. The van der Waals surface area contributed by atoms with Crippen molar-refractivity contribution in [3.05, 3.63) is 11.6 Å². The highest BCUT2D eigenvalue weighted by molar-refractivity contribution is 5.68. The molecule has 1 aliphatic rings. The second-order valence-corrected chi connectivity index (χ2v) is 6.60. The zero-order valence-electron chi connectivity index (χ0n) is 14.1. The van der Waals surface area contributed by atoms with Crippen molar-refractivity contribution in [1.82, 2.24) is 10.2 Å². The van der Waals surface area contributed by atoms with Crippen molar-refractivity contribution in [1.29, 1.82) is 0 Å². The van der Waals surface area contributed by atoms with Crippen molar-refractivity contribution in [2.24, 2.45) is 0 Å². The molecule has 0 aromatic heterocycles. The molecule has 0 spiro atoms. The van der Waals surface area contributed by atoms with Gasteiger partial charge in [-0.05, 0) is 40.5 Å². The minimum Gasteiger partial charge on any atom is -0.444 e. The summed E-state index contributed by atoms with van der Waals surface area (Å²) < 4.78 is 10.5. The smallest absolute Gasteiger partial charge is 0.410 e. The molecule has 1 unspecified atom stereocenters. The van der Waals surface area contributed by atoms with E-state index in [-0.39, 0.29) is 6.09 Å². The van der Waals surface area contributed by atoms with Crippen LogP contribution in [0.4, 0.5) is 4.79 Å². The van der Waals surface area contributed by atoms with E-state index < -0.39 is 5.60 Å². The summed E-state index contributed by atoms with van der Waals surface area (Å²) in [5, 5.41) is 3.49. The number of hydrogen-bond donors (Lipinski definition) is 1. The summed E-state index contributed by atoms with van der Waals surface area (Å²) in [7, 11) is 1.72. The molecule has 0 bridgehead atoms. The van der Waals surface area contributed by atoms with Crippen LogP contribution in [0.2, 0.25) is 0 Å². The Labute approximate surface area is 128 Å². The van der Waals surface area contributed by atoms with E-state index in [4.69, 9.17) is 9.47 Å². The van der Waals surface area contributed by atoms with Crippen molar-refractivity contribution >= 4 is 6.09 Å². The van der Waals surface area contributed by atoms with Gasteiger partial charge in [0.2, 0.25) is 0 Å². The van der Waals surface area contributed by atoms with E-state index in [0.29, 0.717) is 12.6 Å².